The van der Waals surface area contributed by atoms with E-state index >= 15 is 0 Å². The Labute approximate surface area is 138 Å². The van der Waals surface area contributed by atoms with Crippen LogP contribution in [0.3, 0.4) is 0 Å². The summed E-state index contributed by atoms with van der Waals surface area (Å²) < 4.78 is 10.8. The Hall–Kier alpha value is -3.08. The van der Waals surface area contributed by atoms with Crippen LogP contribution in [0, 0.1) is 6.92 Å². The van der Waals surface area contributed by atoms with Gasteiger partial charge in [-0.1, -0.05) is 29.8 Å². The van der Waals surface area contributed by atoms with Crippen LogP contribution < -0.4 is 4.74 Å². The lowest BCUT2D eigenvalue weighted by Gasteiger charge is -2.13. The molecule has 3 rings (SSSR count). The van der Waals surface area contributed by atoms with Crippen molar-refractivity contribution in [3.8, 4) is 5.75 Å². The number of carbonyl (C=O) groups excluding carboxylic acids is 1. The van der Waals surface area contributed by atoms with Gasteiger partial charge in [0.05, 0.1) is 19.8 Å². The van der Waals surface area contributed by atoms with Crippen molar-refractivity contribution in [3.05, 3.63) is 64.9 Å². The van der Waals surface area contributed by atoms with Crippen molar-refractivity contribution in [3.63, 3.8) is 0 Å². The Kier molecular flexibility index (Phi) is 4.08. The third kappa shape index (κ3) is 2.76. The van der Waals surface area contributed by atoms with Crippen molar-refractivity contribution in [1.82, 2.24) is 0 Å². The van der Waals surface area contributed by atoms with Gasteiger partial charge in [0.15, 0.2) is 0 Å². The van der Waals surface area contributed by atoms with E-state index in [1.54, 1.807) is 24.3 Å². The zero-order valence-electron chi connectivity index (χ0n) is 13.3. The molecule has 0 saturated heterocycles. The Balaban J connectivity index is 2.24. The van der Waals surface area contributed by atoms with E-state index in [1.807, 2.05) is 19.1 Å². The summed E-state index contributed by atoms with van der Waals surface area (Å²) in [6.45, 7) is 1.94. The minimum atomic E-state index is -0.995. The van der Waals surface area contributed by atoms with Gasteiger partial charge in [-0.25, -0.2) is 0 Å². The van der Waals surface area contributed by atoms with E-state index in [1.165, 1.54) is 13.4 Å². The fourth-order valence-corrected chi connectivity index (χ4v) is 2.74. The summed E-state index contributed by atoms with van der Waals surface area (Å²) in [5.74, 6) is -1.02. The van der Waals surface area contributed by atoms with Gasteiger partial charge >= 0.3 is 5.97 Å². The maximum absolute atomic E-state index is 13.0. The number of aliphatic carboxylic acids is 1. The molecule has 0 amide bonds. The molecular weight excluding hydrogens is 308 g/mol. The molecule has 3 aromatic rings. The van der Waals surface area contributed by atoms with Gasteiger partial charge in [0.2, 0.25) is 5.78 Å². The molecule has 0 bridgehead atoms. The summed E-state index contributed by atoms with van der Waals surface area (Å²) in [6.07, 6.45) is 1.24. The third-order valence-electron chi connectivity index (χ3n) is 3.86. The average Bonchev–Trinajstić information content (AvgIpc) is 3.01. The van der Waals surface area contributed by atoms with Crippen LogP contribution in [0.2, 0.25) is 0 Å². The molecule has 0 aliphatic carbocycles. The van der Waals surface area contributed by atoms with Crippen LogP contribution in [0.25, 0.3) is 11.0 Å². The summed E-state index contributed by atoms with van der Waals surface area (Å²) in [5, 5.41) is 9.79. The van der Waals surface area contributed by atoms with Crippen LogP contribution >= 0.6 is 0 Å². The molecule has 0 aliphatic heterocycles. The van der Waals surface area contributed by atoms with Crippen LogP contribution in [0.4, 0.5) is 0 Å². The molecule has 1 heterocycles. The maximum Gasteiger partial charge on any atom is 0.307 e. The largest absolute Gasteiger partial charge is 0.496 e. The first kappa shape index (κ1) is 15.8. The molecule has 1 aromatic heterocycles. The molecule has 0 atom stereocenters. The lowest BCUT2D eigenvalue weighted by molar-refractivity contribution is -0.136. The Morgan fingerprint density at radius 2 is 1.88 bits per heavy atom. The number of aryl methyl sites for hydroxylation is 1. The number of furan rings is 1. The van der Waals surface area contributed by atoms with Crippen molar-refractivity contribution < 1.29 is 23.8 Å². The highest BCUT2D eigenvalue weighted by Crippen LogP contribution is 2.35. The number of carboxylic acids is 1. The minimum Gasteiger partial charge on any atom is -0.496 e. The van der Waals surface area contributed by atoms with Crippen LogP contribution in [-0.4, -0.2) is 24.0 Å². The normalized spacial score (nSPS) is 10.8. The molecule has 1 N–H and O–H groups in total. The van der Waals surface area contributed by atoms with E-state index in [9.17, 15) is 9.59 Å². The minimum absolute atomic E-state index is 0.238. The molecule has 0 fully saturated rings. The van der Waals surface area contributed by atoms with Crippen molar-refractivity contribution in [1.29, 1.82) is 0 Å². The number of ether oxygens (including phenoxy) is 1. The van der Waals surface area contributed by atoms with Crippen molar-refractivity contribution in [2.24, 2.45) is 0 Å². The molecule has 0 saturated carbocycles. The smallest absolute Gasteiger partial charge is 0.307 e. The number of hydrogen-bond donors (Lipinski definition) is 1. The molecule has 122 valence electrons. The number of ketones is 1. The van der Waals surface area contributed by atoms with Gasteiger partial charge in [-0.05, 0) is 19.1 Å². The topological polar surface area (TPSA) is 76.7 Å². The van der Waals surface area contributed by atoms with Gasteiger partial charge in [0, 0.05) is 16.5 Å². The fourth-order valence-electron chi connectivity index (χ4n) is 2.74. The van der Waals surface area contributed by atoms with Crippen LogP contribution in [0.15, 0.2) is 47.1 Å². The quantitative estimate of drug-likeness (QED) is 0.726. The average molecular weight is 324 g/mol. The maximum atomic E-state index is 13.0. The van der Waals surface area contributed by atoms with Gasteiger partial charge in [-0.15, -0.1) is 0 Å². The first-order valence-electron chi connectivity index (χ1n) is 7.41. The van der Waals surface area contributed by atoms with Crippen LogP contribution in [0.5, 0.6) is 5.75 Å². The van der Waals surface area contributed by atoms with Crippen LogP contribution in [0.1, 0.15) is 27.0 Å². The van der Waals surface area contributed by atoms with E-state index in [2.05, 4.69) is 0 Å². The highest BCUT2D eigenvalue weighted by molar-refractivity contribution is 6.17. The summed E-state index contributed by atoms with van der Waals surface area (Å²) >= 11 is 0. The summed E-state index contributed by atoms with van der Waals surface area (Å²) in [4.78, 5) is 24.1. The predicted octanol–water partition coefficient (Wildman–Crippen LogP) is 3.61. The second kappa shape index (κ2) is 6.20. The van der Waals surface area contributed by atoms with Gasteiger partial charge < -0.3 is 14.3 Å². The first-order chi connectivity index (χ1) is 11.5. The molecule has 0 radical (unpaired) electrons. The molecule has 0 spiro atoms. The number of carbonyl (C=O) groups is 2. The van der Waals surface area contributed by atoms with E-state index < -0.39 is 5.97 Å². The summed E-state index contributed by atoms with van der Waals surface area (Å²) in [7, 11) is 1.42. The van der Waals surface area contributed by atoms with E-state index in [0.29, 0.717) is 22.1 Å². The molecule has 5 heteroatoms. The Morgan fingerprint density at radius 3 is 2.50 bits per heavy atom. The Bertz CT molecular complexity index is 919. The number of benzene rings is 2. The fraction of sp³-hybridized carbons (Fsp3) is 0.158. The monoisotopic (exact) mass is 324 g/mol. The molecule has 0 aliphatic rings. The zero-order valence-corrected chi connectivity index (χ0v) is 13.3. The number of carboxylic acid groups (broad SMARTS) is 1. The SMILES string of the molecule is COc1c(CC(=O)O)cc2ccoc2c1C(=O)c1ccc(C)cc1. The number of rotatable bonds is 5. The van der Waals surface area contributed by atoms with Crippen molar-refractivity contribution in [2.45, 2.75) is 13.3 Å². The number of fused-ring (bicyclic) bond motifs is 1. The molecule has 24 heavy (non-hydrogen) atoms. The Morgan fingerprint density at radius 1 is 1.17 bits per heavy atom. The van der Waals surface area contributed by atoms with Crippen molar-refractivity contribution >= 4 is 22.7 Å². The third-order valence-corrected chi connectivity index (χ3v) is 3.86. The molecule has 0 unspecified atom stereocenters. The second-order valence-corrected chi connectivity index (χ2v) is 5.55. The zero-order chi connectivity index (χ0) is 17.3. The van der Waals surface area contributed by atoms with Crippen molar-refractivity contribution in [2.75, 3.05) is 7.11 Å². The molecule has 5 nitrogen and oxygen atoms in total. The number of methoxy groups -OCH3 is 1. The van der Waals surface area contributed by atoms with Gasteiger partial charge in [0.1, 0.15) is 16.9 Å². The standard InChI is InChI=1S/C19H16O5/c1-11-3-5-12(6-4-11)17(22)16-18(23-2)14(10-15(20)21)9-13-7-8-24-19(13)16/h3-9H,10H2,1-2H3,(H,20,21). The highest BCUT2D eigenvalue weighted by Gasteiger charge is 2.24. The predicted molar refractivity (Wildman–Crippen MR) is 88.7 cm³/mol. The van der Waals surface area contributed by atoms with Gasteiger partial charge in [-0.2, -0.15) is 0 Å². The van der Waals surface area contributed by atoms with Crippen LogP contribution in [-0.2, 0) is 11.2 Å². The lowest BCUT2D eigenvalue weighted by atomic mass is 9.96. The summed E-state index contributed by atoms with van der Waals surface area (Å²) in [6, 6.07) is 10.5. The molecule has 2 aromatic carbocycles. The lowest BCUT2D eigenvalue weighted by Crippen LogP contribution is -2.09. The first-order valence-corrected chi connectivity index (χ1v) is 7.41. The van der Waals surface area contributed by atoms with E-state index in [0.717, 1.165) is 5.56 Å². The van der Waals surface area contributed by atoms with E-state index in [4.69, 9.17) is 14.3 Å². The number of hydrogen-bond acceptors (Lipinski definition) is 4. The highest BCUT2D eigenvalue weighted by atomic mass is 16.5. The second-order valence-electron chi connectivity index (χ2n) is 5.55. The summed E-state index contributed by atoms with van der Waals surface area (Å²) in [5.41, 5.74) is 2.62. The molecular formula is C19H16O5. The van der Waals surface area contributed by atoms with E-state index in [-0.39, 0.29) is 23.5 Å². The van der Waals surface area contributed by atoms with Gasteiger partial charge in [0.25, 0.3) is 0 Å². The van der Waals surface area contributed by atoms with Gasteiger partial charge in [-0.3, -0.25) is 9.59 Å².